The van der Waals surface area contributed by atoms with Crippen LogP contribution in [0.4, 0.5) is 0 Å². The summed E-state index contributed by atoms with van der Waals surface area (Å²) in [6, 6.07) is 9.27. The highest BCUT2D eigenvalue weighted by Crippen LogP contribution is 2.49. The molecule has 5 rings (SSSR count). The lowest BCUT2D eigenvalue weighted by atomic mass is 9.72. The van der Waals surface area contributed by atoms with Crippen molar-refractivity contribution < 1.29 is 18.9 Å². The van der Waals surface area contributed by atoms with Gasteiger partial charge < -0.3 is 23.8 Å². The molecule has 38 heavy (non-hydrogen) atoms. The topological polar surface area (TPSA) is 43.4 Å². The highest BCUT2D eigenvalue weighted by molar-refractivity contribution is 8.10. The summed E-state index contributed by atoms with van der Waals surface area (Å²) in [5.41, 5.74) is 5.39. The monoisotopic (exact) mass is 556 g/mol. The van der Waals surface area contributed by atoms with Crippen LogP contribution in [0.25, 0.3) is 0 Å². The average Bonchev–Trinajstić information content (AvgIpc) is 2.94. The predicted octanol–water partition coefficient (Wildman–Crippen LogP) is 5.87. The largest absolute Gasteiger partial charge is 0.493 e. The standard InChI is InChI=1S/C30H40N2O4S2/c1-6-18-17-31-9-7-19-13-26(33-2)28(35-4)15-22(19)24(31)11-21(18)12-25-23-16-29(36-5)27(34-3)14-20(23)8-10-32(25)30(37)38/h13-16,18,21,24-25H,6-12,17H2,1-5H3,(H,37,38)/t18-,21?,24?,25?/m0/s1. The molecule has 0 saturated carbocycles. The van der Waals surface area contributed by atoms with Crippen molar-refractivity contribution in [1.82, 2.24) is 9.80 Å². The molecule has 1 fully saturated rings. The summed E-state index contributed by atoms with van der Waals surface area (Å²) >= 11 is 10.3. The van der Waals surface area contributed by atoms with Crippen LogP contribution in [-0.2, 0) is 12.8 Å². The molecule has 3 aliphatic heterocycles. The lowest BCUT2D eigenvalue weighted by Gasteiger charge is -2.49. The van der Waals surface area contributed by atoms with E-state index >= 15 is 0 Å². The number of hydrogen-bond acceptors (Lipinski definition) is 6. The minimum absolute atomic E-state index is 0.169. The van der Waals surface area contributed by atoms with Gasteiger partial charge in [0.25, 0.3) is 0 Å². The Morgan fingerprint density at radius 2 is 1.39 bits per heavy atom. The summed E-state index contributed by atoms with van der Waals surface area (Å²) in [7, 11) is 6.84. The van der Waals surface area contributed by atoms with Crippen LogP contribution in [0.3, 0.4) is 0 Å². The van der Waals surface area contributed by atoms with Gasteiger partial charge in [0.2, 0.25) is 0 Å². The van der Waals surface area contributed by atoms with Crippen molar-refractivity contribution in [2.75, 3.05) is 48.1 Å². The molecule has 3 unspecified atom stereocenters. The normalized spacial score (nSPS) is 24.6. The van der Waals surface area contributed by atoms with Gasteiger partial charge in [0, 0.05) is 25.7 Å². The van der Waals surface area contributed by atoms with E-state index in [-0.39, 0.29) is 6.04 Å². The molecule has 0 amide bonds. The van der Waals surface area contributed by atoms with Gasteiger partial charge in [-0.1, -0.05) is 25.6 Å². The van der Waals surface area contributed by atoms with Crippen molar-refractivity contribution in [3.8, 4) is 23.0 Å². The van der Waals surface area contributed by atoms with Gasteiger partial charge in [0.1, 0.15) is 4.32 Å². The molecule has 206 valence electrons. The summed E-state index contributed by atoms with van der Waals surface area (Å²) in [6.07, 6.45) is 5.29. The minimum Gasteiger partial charge on any atom is -0.493 e. The van der Waals surface area contributed by atoms with Crippen molar-refractivity contribution in [3.05, 3.63) is 46.5 Å². The fourth-order valence-corrected chi connectivity index (χ4v) is 7.51. The lowest BCUT2D eigenvalue weighted by Crippen LogP contribution is -2.47. The maximum Gasteiger partial charge on any atom is 0.161 e. The predicted molar refractivity (Wildman–Crippen MR) is 158 cm³/mol. The third-order valence-corrected chi connectivity index (χ3v) is 9.57. The fraction of sp³-hybridized carbons (Fsp3) is 0.567. The number of hydrogen-bond donors (Lipinski definition) is 1. The maximum absolute atomic E-state index is 5.70. The van der Waals surface area contributed by atoms with Gasteiger partial charge in [-0.05, 0) is 84.0 Å². The van der Waals surface area contributed by atoms with Crippen LogP contribution in [0.1, 0.15) is 60.5 Å². The van der Waals surface area contributed by atoms with Crippen LogP contribution in [0.15, 0.2) is 24.3 Å². The molecule has 2 aromatic rings. The zero-order valence-corrected chi connectivity index (χ0v) is 24.9. The Balaban J connectivity index is 1.49. The van der Waals surface area contributed by atoms with Gasteiger partial charge in [-0.15, -0.1) is 12.6 Å². The second kappa shape index (κ2) is 11.5. The van der Waals surface area contributed by atoms with Crippen LogP contribution in [0.2, 0.25) is 0 Å². The molecule has 3 heterocycles. The van der Waals surface area contributed by atoms with Gasteiger partial charge in [-0.3, -0.25) is 4.90 Å². The van der Waals surface area contributed by atoms with Crippen LogP contribution in [0.5, 0.6) is 23.0 Å². The second-order valence-electron chi connectivity index (χ2n) is 10.7. The number of benzene rings is 2. The SMILES string of the molecule is CC[C@H]1CN2CCc3cc(OC)c(OC)cc3C2CC1CC1c2cc(OC)c(OC)cc2CCN1C(=S)S. The van der Waals surface area contributed by atoms with Crippen molar-refractivity contribution in [2.24, 2.45) is 11.8 Å². The minimum atomic E-state index is 0.169. The molecule has 0 aromatic heterocycles. The van der Waals surface area contributed by atoms with Crippen molar-refractivity contribution in [1.29, 1.82) is 0 Å². The van der Waals surface area contributed by atoms with E-state index in [4.69, 9.17) is 31.2 Å². The van der Waals surface area contributed by atoms with E-state index in [1.54, 1.807) is 28.4 Å². The fourth-order valence-electron chi connectivity index (χ4n) is 7.05. The number of fused-ring (bicyclic) bond motifs is 4. The second-order valence-corrected chi connectivity index (χ2v) is 11.8. The van der Waals surface area contributed by atoms with Gasteiger partial charge in [-0.25, -0.2) is 0 Å². The molecule has 0 aliphatic carbocycles. The molecular weight excluding hydrogens is 516 g/mol. The van der Waals surface area contributed by atoms with E-state index in [1.807, 2.05) is 0 Å². The summed E-state index contributed by atoms with van der Waals surface area (Å²) in [4.78, 5) is 5.01. The van der Waals surface area contributed by atoms with E-state index in [0.29, 0.717) is 22.2 Å². The van der Waals surface area contributed by atoms with E-state index in [2.05, 4.69) is 53.6 Å². The summed E-state index contributed by atoms with van der Waals surface area (Å²) < 4.78 is 23.3. The number of thiocarbonyl (C=S) groups is 1. The third-order valence-electron chi connectivity index (χ3n) is 9.07. The Bertz CT molecular complexity index is 1190. The molecule has 8 heteroatoms. The average molecular weight is 557 g/mol. The van der Waals surface area contributed by atoms with Crippen molar-refractivity contribution in [3.63, 3.8) is 0 Å². The van der Waals surface area contributed by atoms with Crippen LogP contribution >= 0.6 is 24.8 Å². The van der Waals surface area contributed by atoms with Crippen molar-refractivity contribution >= 4 is 29.2 Å². The van der Waals surface area contributed by atoms with Gasteiger partial charge in [-0.2, -0.15) is 0 Å². The highest BCUT2D eigenvalue weighted by Gasteiger charge is 2.41. The first-order valence-corrected chi connectivity index (χ1v) is 14.5. The number of methoxy groups -OCH3 is 4. The zero-order valence-electron chi connectivity index (χ0n) is 23.2. The summed E-state index contributed by atoms with van der Waals surface area (Å²) in [5, 5.41) is 0. The quantitative estimate of drug-likeness (QED) is 0.338. The van der Waals surface area contributed by atoms with E-state index in [1.165, 1.54) is 28.7 Å². The Kier molecular flexibility index (Phi) is 8.31. The van der Waals surface area contributed by atoms with Crippen molar-refractivity contribution in [2.45, 2.75) is 51.1 Å². The number of nitrogens with zero attached hydrogens (tertiary/aromatic N) is 2. The van der Waals surface area contributed by atoms with Crippen LogP contribution < -0.4 is 18.9 Å². The number of rotatable bonds is 7. The van der Waals surface area contributed by atoms with Gasteiger partial charge >= 0.3 is 0 Å². The molecule has 0 bridgehead atoms. The van der Waals surface area contributed by atoms with E-state index in [9.17, 15) is 0 Å². The maximum atomic E-state index is 5.70. The molecular formula is C30H40N2O4S2. The van der Waals surface area contributed by atoms with Crippen LogP contribution in [-0.4, -0.2) is 62.2 Å². The number of piperidine rings is 1. The molecule has 0 N–H and O–H groups in total. The lowest BCUT2D eigenvalue weighted by molar-refractivity contribution is 0.0381. The highest BCUT2D eigenvalue weighted by atomic mass is 32.1. The molecule has 0 spiro atoms. The number of thiol groups is 1. The molecule has 0 radical (unpaired) electrons. The molecule has 4 atom stereocenters. The van der Waals surface area contributed by atoms with Gasteiger partial charge in [0.05, 0.1) is 34.5 Å². The summed E-state index contributed by atoms with van der Waals surface area (Å²) in [6.45, 7) is 5.42. The molecule has 6 nitrogen and oxygen atoms in total. The molecule has 2 aromatic carbocycles. The Morgan fingerprint density at radius 3 is 1.97 bits per heavy atom. The van der Waals surface area contributed by atoms with E-state index in [0.717, 1.165) is 68.3 Å². The Morgan fingerprint density at radius 1 is 0.842 bits per heavy atom. The molecule has 3 aliphatic rings. The Labute approximate surface area is 238 Å². The first kappa shape index (κ1) is 27.4. The zero-order chi connectivity index (χ0) is 27.0. The van der Waals surface area contributed by atoms with Gasteiger partial charge in [0.15, 0.2) is 23.0 Å². The summed E-state index contributed by atoms with van der Waals surface area (Å²) in [5.74, 6) is 4.38. The third kappa shape index (κ3) is 4.95. The number of ether oxygens (including phenoxy) is 4. The first-order chi connectivity index (χ1) is 18.4. The Hall–Kier alpha value is -2.16. The smallest absolute Gasteiger partial charge is 0.161 e. The van der Waals surface area contributed by atoms with Crippen LogP contribution in [0, 0.1) is 11.8 Å². The van der Waals surface area contributed by atoms with E-state index < -0.39 is 0 Å². The first-order valence-electron chi connectivity index (χ1n) is 13.6. The molecule has 1 saturated heterocycles.